The molecule has 0 heterocycles. The number of carboxylic acids is 1. The van der Waals surface area contributed by atoms with E-state index in [1.807, 2.05) is 19.1 Å². The van der Waals surface area contributed by atoms with E-state index in [4.69, 9.17) is 0 Å². The van der Waals surface area contributed by atoms with Gasteiger partial charge in [0.2, 0.25) is 0 Å². The van der Waals surface area contributed by atoms with Crippen molar-refractivity contribution in [2.24, 2.45) is 0 Å². The van der Waals surface area contributed by atoms with E-state index in [-0.39, 0.29) is 0 Å². The summed E-state index contributed by atoms with van der Waals surface area (Å²) in [6.45, 7) is 6.12. The lowest BCUT2D eigenvalue weighted by atomic mass is 9.91. The highest BCUT2D eigenvalue weighted by Gasteiger charge is 2.14. The second-order valence-corrected chi connectivity index (χ2v) is 5.05. The minimum atomic E-state index is -0.868. The molecule has 0 aliphatic carbocycles. The molecule has 1 N–H and O–H groups in total. The van der Waals surface area contributed by atoms with Gasteiger partial charge in [-0.2, -0.15) is 0 Å². The Labute approximate surface area is 120 Å². The largest absolute Gasteiger partial charge is 0.478 e. The molecule has 0 spiro atoms. The molecule has 0 amide bonds. The molecular formula is C18H20O2. The van der Waals surface area contributed by atoms with Gasteiger partial charge in [0.1, 0.15) is 0 Å². The zero-order valence-electron chi connectivity index (χ0n) is 12.2. The first-order valence-electron chi connectivity index (χ1n) is 7.03. The molecule has 0 aliphatic rings. The van der Waals surface area contributed by atoms with Crippen LogP contribution in [0.5, 0.6) is 0 Å². The second kappa shape index (κ2) is 5.91. The lowest BCUT2D eigenvalue weighted by Crippen LogP contribution is -2.02. The van der Waals surface area contributed by atoms with E-state index >= 15 is 0 Å². The molecule has 0 fully saturated rings. The molecule has 0 unspecified atom stereocenters. The summed E-state index contributed by atoms with van der Waals surface area (Å²) in [4.78, 5) is 11.5. The average Bonchev–Trinajstić information content (AvgIpc) is 2.46. The summed E-state index contributed by atoms with van der Waals surface area (Å²) in [6.07, 6.45) is 1.84. The van der Waals surface area contributed by atoms with Crippen molar-refractivity contribution < 1.29 is 9.90 Å². The summed E-state index contributed by atoms with van der Waals surface area (Å²) in [5, 5.41) is 9.44. The van der Waals surface area contributed by atoms with Gasteiger partial charge in [-0.15, -0.1) is 0 Å². The van der Waals surface area contributed by atoms with Crippen LogP contribution in [0, 0.1) is 6.92 Å². The SMILES string of the molecule is CCc1ccc(CC)c(-c2ccc(C)cc2C(=O)O)c1. The number of hydrogen-bond donors (Lipinski definition) is 1. The third kappa shape index (κ3) is 2.74. The molecule has 2 nitrogen and oxygen atoms in total. The number of carboxylic acid groups (broad SMARTS) is 1. The monoisotopic (exact) mass is 268 g/mol. The zero-order valence-corrected chi connectivity index (χ0v) is 12.2. The molecule has 2 rings (SSSR count). The molecule has 20 heavy (non-hydrogen) atoms. The Morgan fingerprint density at radius 1 is 1.00 bits per heavy atom. The minimum Gasteiger partial charge on any atom is -0.478 e. The quantitative estimate of drug-likeness (QED) is 0.887. The van der Waals surface area contributed by atoms with Gasteiger partial charge in [0.15, 0.2) is 0 Å². The van der Waals surface area contributed by atoms with Crippen LogP contribution in [-0.2, 0) is 12.8 Å². The van der Waals surface area contributed by atoms with E-state index in [1.54, 1.807) is 6.07 Å². The molecule has 104 valence electrons. The number of aromatic carboxylic acids is 1. The van der Waals surface area contributed by atoms with E-state index in [0.29, 0.717) is 5.56 Å². The molecule has 2 aromatic carbocycles. The highest BCUT2D eigenvalue weighted by molar-refractivity contribution is 5.96. The van der Waals surface area contributed by atoms with Crippen molar-refractivity contribution in [1.29, 1.82) is 0 Å². The summed E-state index contributed by atoms with van der Waals surface area (Å²) < 4.78 is 0. The second-order valence-electron chi connectivity index (χ2n) is 5.05. The number of hydrogen-bond acceptors (Lipinski definition) is 1. The minimum absolute atomic E-state index is 0.382. The highest BCUT2D eigenvalue weighted by atomic mass is 16.4. The van der Waals surface area contributed by atoms with Crippen LogP contribution >= 0.6 is 0 Å². The fourth-order valence-corrected chi connectivity index (χ4v) is 2.47. The Bertz CT molecular complexity index is 642. The van der Waals surface area contributed by atoms with Crippen LogP contribution in [-0.4, -0.2) is 11.1 Å². The highest BCUT2D eigenvalue weighted by Crippen LogP contribution is 2.29. The van der Waals surface area contributed by atoms with Gasteiger partial charge in [0, 0.05) is 0 Å². The van der Waals surface area contributed by atoms with Crippen LogP contribution in [0.1, 0.15) is 40.9 Å². The third-order valence-electron chi connectivity index (χ3n) is 3.66. The number of benzene rings is 2. The van der Waals surface area contributed by atoms with Gasteiger partial charge in [0.05, 0.1) is 5.56 Å². The van der Waals surface area contributed by atoms with Gasteiger partial charge >= 0.3 is 5.97 Å². The predicted molar refractivity (Wildman–Crippen MR) is 82.3 cm³/mol. The van der Waals surface area contributed by atoms with Crippen molar-refractivity contribution in [1.82, 2.24) is 0 Å². The fourth-order valence-electron chi connectivity index (χ4n) is 2.47. The lowest BCUT2D eigenvalue weighted by molar-refractivity contribution is 0.0697. The molecule has 2 heteroatoms. The number of carbonyl (C=O) groups is 1. The number of rotatable bonds is 4. The maximum atomic E-state index is 11.5. The van der Waals surface area contributed by atoms with Crippen molar-refractivity contribution in [3.63, 3.8) is 0 Å². The molecule has 0 atom stereocenters. The van der Waals surface area contributed by atoms with Crippen LogP contribution in [0.3, 0.4) is 0 Å². The molecule has 0 aromatic heterocycles. The van der Waals surface area contributed by atoms with Crippen LogP contribution < -0.4 is 0 Å². The van der Waals surface area contributed by atoms with Crippen molar-refractivity contribution in [3.8, 4) is 11.1 Å². The summed E-state index contributed by atoms with van der Waals surface area (Å²) in [6, 6.07) is 12.0. The van der Waals surface area contributed by atoms with Gasteiger partial charge in [-0.05, 0) is 48.1 Å². The maximum absolute atomic E-state index is 11.5. The first-order chi connectivity index (χ1) is 9.56. The molecule has 0 saturated heterocycles. The topological polar surface area (TPSA) is 37.3 Å². The standard InChI is InChI=1S/C18H20O2/c1-4-13-7-8-14(5-2)16(11-13)15-9-6-12(3)10-17(15)18(19)20/h6-11H,4-5H2,1-3H3,(H,19,20). The Morgan fingerprint density at radius 2 is 1.75 bits per heavy atom. The van der Waals surface area contributed by atoms with Crippen LogP contribution in [0.2, 0.25) is 0 Å². The predicted octanol–water partition coefficient (Wildman–Crippen LogP) is 4.49. The van der Waals surface area contributed by atoms with E-state index in [9.17, 15) is 9.90 Å². The molecule has 0 radical (unpaired) electrons. The van der Waals surface area contributed by atoms with Crippen molar-refractivity contribution in [3.05, 3.63) is 58.7 Å². The van der Waals surface area contributed by atoms with Gasteiger partial charge in [-0.3, -0.25) is 0 Å². The Hall–Kier alpha value is -2.09. The Morgan fingerprint density at radius 3 is 2.35 bits per heavy atom. The smallest absolute Gasteiger partial charge is 0.336 e. The molecule has 0 bridgehead atoms. The first-order valence-corrected chi connectivity index (χ1v) is 7.03. The van der Waals surface area contributed by atoms with Gasteiger partial charge in [0.25, 0.3) is 0 Å². The van der Waals surface area contributed by atoms with E-state index in [1.165, 1.54) is 11.1 Å². The van der Waals surface area contributed by atoms with E-state index in [2.05, 4.69) is 32.0 Å². The maximum Gasteiger partial charge on any atom is 0.336 e. The molecule has 2 aromatic rings. The Balaban J connectivity index is 2.69. The van der Waals surface area contributed by atoms with Crippen molar-refractivity contribution in [2.75, 3.05) is 0 Å². The van der Waals surface area contributed by atoms with Crippen molar-refractivity contribution >= 4 is 5.97 Å². The first kappa shape index (κ1) is 14.3. The third-order valence-corrected chi connectivity index (χ3v) is 3.66. The van der Waals surface area contributed by atoms with E-state index in [0.717, 1.165) is 29.5 Å². The van der Waals surface area contributed by atoms with Crippen molar-refractivity contribution in [2.45, 2.75) is 33.6 Å². The summed E-state index contributed by atoms with van der Waals surface area (Å²) in [5.41, 5.74) is 5.63. The molecule has 0 saturated carbocycles. The Kier molecular flexibility index (Phi) is 4.23. The summed E-state index contributed by atoms with van der Waals surface area (Å²) in [7, 11) is 0. The normalized spacial score (nSPS) is 10.6. The lowest BCUT2D eigenvalue weighted by Gasteiger charge is -2.13. The number of aryl methyl sites for hydroxylation is 3. The summed E-state index contributed by atoms with van der Waals surface area (Å²) in [5.74, 6) is -0.868. The summed E-state index contributed by atoms with van der Waals surface area (Å²) >= 11 is 0. The molecular weight excluding hydrogens is 248 g/mol. The van der Waals surface area contributed by atoms with Gasteiger partial charge < -0.3 is 5.11 Å². The van der Waals surface area contributed by atoms with Gasteiger partial charge in [-0.1, -0.05) is 49.7 Å². The fraction of sp³-hybridized carbons (Fsp3) is 0.278. The average molecular weight is 268 g/mol. The van der Waals surface area contributed by atoms with Crippen LogP contribution in [0.25, 0.3) is 11.1 Å². The van der Waals surface area contributed by atoms with Crippen LogP contribution in [0.4, 0.5) is 0 Å². The van der Waals surface area contributed by atoms with Gasteiger partial charge in [-0.25, -0.2) is 4.79 Å². The molecule has 0 aliphatic heterocycles. The van der Waals surface area contributed by atoms with E-state index < -0.39 is 5.97 Å². The zero-order chi connectivity index (χ0) is 14.7. The van der Waals surface area contributed by atoms with Crippen LogP contribution in [0.15, 0.2) is 36.4 Å².